The van der Waals surface area contributed by atoms with E-state index >= 15 is 0 Å². The van der Waals surface area contributed by atoms with Gasteiger partial charge in [0, 0.05) is 11.6 Å². The summed E-state index contributed by atoms with van der Waals surface area (Å²) in [6, 6.07) is 3.53. The highest BCUT2D eigenvalue weighted by atomic mass is 16.5. The van der Waals surface area contributed by atoms with E-state index in [1.165, 1.54) is 0 Å². The Morgan fingerprint density at radius 3 is 2.33 bits per heavy atom. The summed E-state index contributed by atoms with van der Waals surface area (Å²) in [7, 11) is 3.26. The van der Waals surface area contributed by atoms with E-state index in [1.807, 2.05) is 19.9 Å². The Labute approximate surface area is 105 Å². The van der Waals surface area contributed by atoms with Crippen molar-refractivity contribution in [2.75, 3.05) is 20.0 Å². The average Bonchev–Trinajstić information content (AvgIpc) is 2.79. The van der Waals surface area contributed by atoms with Crippen LogP contribution in [-0.4, -0.2) is 19.4 Å². The number of hydrogen-bond donors (Lipinski definition) is 1. The molecule has 1 aromatic heterocycles. The normalized spacial score (nSPS) is 10.4. The molecule has 96 valence electrons. The molecule has 5 nitrogen and oxygen atoms in total. The summed E-state index contributed by atoms with van der Waals surface area (Å²) >= 11 is 0. The molecule has 0 spiro atoms. The number of aromatic nitrogens is 1. The van der Waals surface area contributed by atoms with Crippen molar-refractivity contribution in [3.63, 3.8) is 0 Å². The molecule has 0 fully saturated rings. The molecule has 0 bridgehead atoms. The maximum absolute atomic E-state index is 5.54. The van der Waals surface area contributed by atoms with Crippen LogP contribution in [0.3, 0.4) is 0 Å². The molecule has 0 saturated carbocycles. The van der Waals surface area contributed by atoms with Gasteiger partial charge in [-0.25, -0.2) is 0 Å². The number of nitrogen functional groups attached to an aromatic ring is 1. The summed E-state index contributed by atoms with van der Waals surface area (Å²) in [6.07, 6.45) is 0. The fraction of sp³-hybridized carbons (Fsp3) is 0.308. The number of anilines is 1. The minimum Gasteiger partial charge on any atom is -0.496 e. The summed E-state index contributed by atoms with van der Waals surface area (Å²) in [6.45, 7) is 3.96. The third-order valence-electron chi connectivity index (χ3n) is 3.02. The zero-order valence-electron chi connectivity index (χ0n) is 10.9. The molecule has 2 rings (SSSR count). The minimum absolute atomic E-state index is 0.268. The molecule has 0 amide bonds. The van der Waals surface area contributed by atoms with E-state index in [-0.39, 0.29) is 5.88 Å². The van der Waals surface area contributed by atoms with Crippen molar-refractivity contribution in [1.29, 1.82) is 0 Å². The fourth-order valence-electron chi connectivity index (χ4n) is 1.94. The van der Waals surface area contributed by atoms with Crippen molar-refractivity contribution in [3.8, 4) is 22.8 Å². The molecule has 5 heteroatoms. The third-order valence-corrected chi connectivity index (χ3v) is 3.02. The van der Waals surface area contributed by atoms with Crippen molar-refractivity contribution in [2.45, 2.75) is 13.8 Å². The van der Waals surface area contributed by atoms with Gasteiger partial charge in [-0.2, -0.15) is 0 Å². The highest BCUT2D eigenvalue weighted by Crippen LogP contribution is 2.39. The van der Waals surface area contributed by atoms with Crippen molar-refractivity contribution in [3.05, 3.63) is 23.3 Å². The maximum Gasteiger partial charge on any atom is 0.222 e. The lowest BCUT2D eigenvalue weighted by atomic mass is 10.0. The molecule has 0 saturated heterocycles. The second-order valence-electron chi connectivity index (χ2n) is 4.02. The van der Waals surface area contributed by atoms with Gasteiger partial charge in [-0.15, -0.1) is 0 Å². The van der Waals surface area contributed by atoms with Crippen LogP contribution in [0.15, 0.2) is 16.7 Å². The predicted octanol–water partition coefficient (Wildman–Crippen LogP) is 2.56. The first-order valence-electron chi connectivity index (χ1n) is 5.53. The van der Waals surface area contributed by atoms with Gasteiger partial charge in [0.2, 0.25) is 5.88 Å². The van der Waals surface area contributed by atoms with E-state index in [2.05, 4.69) is 5.16 Å². The topological polar surface area (TPSA) is 70.5 Å². The summed E-state index contributed by atoms with van der Waals surface area (Å²) < 4.78 is 15.7. The standard InChI is InChI=1S/C13H16N2O3/c1-7-8(2)13(17-4)9(5-11(7)16-3)10-6-12(14)18-15-10/h5-6H,14H2,1-4H3. The summed E-state index contributed by atoms with van der Waals surface area (Å²) in [5, 5.41) is 3.91. The van der Waals surface area contributed by atoms with Crippen LogP contribution >= 0.6 is 0 Å². The zero-order chi connectivity index (χ0) is 13.3. The van der Waals surface area contributed by atoms with Crippen LogP contribution in [0.25, 0.3) is 11.3 Å². The third kappa shape index (κ3) is 1.88. The summed E-state index contributed by atoms with van der Waals surface area (Å²) in [5.41, 5.74) is 9.02. The van der Waals surface area contributed by atoms with Crippen LogP contribution in [0.1, 0.15) is 11.1 Å². The molecule has 1 heterocycles. The van der Waals surface area contributed by atoms with Gasteiger partial charge in [0.15, 0.2) is 0 Å². The molecule has 0 aliphatic carbocycles. The van der Waals surface area contributed by atoms with E-state index in [9.17, 15) is 0 Å². The van der Waals surface area contributed by atoms with E-state index in [1.54, 1.807) is 20.3 Å². The molecule has 0 unspecified atom stereocenters. The Hall–Kier alpha value is -2.17. The SMILES string of the molecule is COc1cc(-c2cc(N)on2)c(OC)c(C)c1C. The van der Waals surface area contributed by atoms with E-state index < -0.39 is 0 Å². The Bertz CT molecular complexity index is 576. The molecule has 2 N–H and O–H groups in total. The largest absolute Gasteiger partial charge is 0.496 e. The van der Waals surface area contributed by atoms with Gasteiger partial charge >= 0.3 is 0 Å². The van der Waals surface area contributed by atoms with Gasteiger partial charge in [-0.05, 0) is 31.0 Å². The van der Waals surface area contributed by atoms with Crippen LogP contribution in [0.2, 0.25) is 0 Å². The van der Waals surface area contributed by atoms with E-state index in [4.69, 9.17) is 19.7 Å². The van der Waals surface area contributed by atoms with Gasteiger partial charge in [-0.3, -0.25) is 0 Å². The molecule has 2 aromatic rings. The lowest BCUT2D eigenvalue weighted by Crippen LogP contribution is -1.97. The first-order valence-corrected chi connectivity index (χ1v) is 5.53. The van der Waals surface area contributed by atoms with Crippen LogP contribution in [0, 0.1) is 13.8 Å². The number of benzene rings is 1. The predicted molar refractivity (Wildman–Crippen MR) is 68.9 cm³/mol. The Morgan fingerprint density at radius 2 is 1.83 bits per heavy atom. The number of ether oxygens (including phenoxy) is 2. The molecular formula is C13H16N2O3. The van der Waals surface area contributed by atoms with Gasteiger partial charge in [0.25, 0.3) is 0 Å². The van der Waals surface area contributed by atoms with Crippen LogP contribution in [0.4, 0.5) is 5.88 Å². The quantitative estimate of drug-likeness (QED) is 0.903. The molecule has 1 aromatic carbocycles. The summed E-state index contributed by atoms with van der Waals surface area (Å²) in [4.78, 5) is 0. The van der Waals surface area contributed by atoms with Crippen LogP contribution < -0.4 is 15.2 Å². The number of nitrogens with two attached hydrogens (primary N) is 1. The monoisotopic (exact) mass is 248 g/mol. The van der Waals surface area contributed by atoms with E-state index in [0.29, 0.717) is 5.69 Å². The Morgan fingerprint density at radius 1 is 1.11 bits per heavy atom. The first kappa shape index (κ1) is 12.3. The number of nitrogens with zero attached hydrogens (tertiary/aromatic N) is 1. The molecule has 0 radical (unpaired) electrons. The average molecular weight is 248 g/mol. The number of rotatable bonds is 3. The van der Waals surface area contributed by atoms with Crippen molar-refractivity contribution < 1.29 is 14.0 Å². The minimum atomic E-state index is 0.268. The van der Waals surface area contributed by atoms with Gasteiger partial charge < -0.3 is 19.7 Å². The molecule has 0 atom stereocenters. The lowest BCUT2D eigenvalue weighted by molar-refractivity contribution is 0.398. The molecular weight excluding hydrogens is 232 g/mol. The first-order chi connectivity index (χ1) is 8.58. The van der Waals surface area contributed by atoms with Crippen molar-refractivity contribution in [2.24, 2.45) is 0 Å². The van der Waals surface area contributed by atoms with Crippen molar-refractivity contribution >= 4 is 5.88 Å². The highest BCUT2D eigenvalue weighted by molar-refractivity contribution is 5.73. The Balaban J connectivity index is 2.69. The van der Waals surface area contributed by atoms with Crippen LogP contribution in [0.5, 0.6) is 11.5 Å². The van der Waals surface area contributed by atoms with Crippen LogP contribution in [-0.2, 0) is 0 Å². The zero-order valence-corrected chi connectivity index (χ0v) is 10.9. The molecule has 18 heavy (non-hydrogen) atoms. The van der Waals surface area contributed by atoms with E-state index in [0.717, 1.165) is 28.2 Å². The second kappa shape index (κ2) is 4.60. The van der Waals surface area contributed by atoms with Crippen molar-refractivity contribution in [1.82, 2.24) is 5.16 Å². The second-order valence-corrected chi connectivity index (χ2v) is 4.02. The van der Waals surface area contributed by atoms with Gasteiger partial charge in [-0.1, -0.05) is 5.16 Å². The maximum atomic E-state index is 5.54. The molecule has 0 aliphatic rings. The lowest BCUT2D eigenvalue weighted by Gasteiger charge is -2.15. The Kier molecular flexibility index (Phi) is 3.14. The highest BCUT2D eigenvalue weighted by Gasteiger charge is 2.17. The summed E-state index contributed by atoms with van der Waals surface area (Å²) in [5.74, 6) is 1.80. The fourth-order valence-corrected chi connectivity index (χ4v) is 1.94. The number of methoxy groups -OCH3 is 2. The smallest absolute Gasteiger partial charge is 0.222 e. The van der Waals surface area contributed by atoms with Gasteiger partial charge in [0.05, 0.1) is 14.2 Å². The van der Waals surface area contributed by atoms with Gasteiger partial charge in [0.1, 0.15) is 17.2 Å². The molecule has 0 aliphatic heterocycles. The number of hydrogen-bond acceptors (Lipinski definition) is 5.